The Balaban J connectivity index is 2.89. The molecule has 0 unspecified atom stereocenters. The summed E-state index contributed by atoms with van der Waals surface area (Å²) >= 11 is 0. The molecule has 0 aromatic rings. The second-order valence-electron chi connectivity index (χ2n) is 4.89. The predicted molar refractivity (Wildman–Crippen MR) is 73.5 cm³/mol. The van der Waals surface area contributed by atoms with Crippen molar-refractivity contribution < 1.29 is 9.47 Å². The van der Waals surface area contributed by atoms with Crippen LogP contribution in [0.1, 0.15) is 46.5 Å². The van der Waals surface area contributed by atoms with E-state index in [2.05, 4.69) is 26.1 Å². The lowest BCUT2D eigenvalue weighted by atomic mass is 10.2. The number of hydrogen-bond acceptors (Lipinski definition) is 3. The van der Waals surface area contributed by atoms with E-state index in [-0.39, 0.29) is 0 Å². The van der Waals surface area contributed by atoms with Crippen LogP contribution in [-0.4, -0.2) is 39.5 Å². The minimum atomic E-state index is 0.611. The first-order valence-electron chi connectivity index (χ1n) is 7.13. The highest BCUT2D eigenvalue weighted by Crippen LogP contribution is 1.96. The largest absolute Gasteiger partial charge is 0.379 e. The molecule has 0 heterocycles. The van der Waals surface area contributed by atoms with Gasteiger partial charge in [0.25, 0.3) is 0 Å². The molecule has 0 aliphatic carbocycles. The third kappa shape index (κ3) is 15.9. The van der Waals surface area contributed by atoms with Crippen molar-refractivity contribution in [1.29, 1.82) is 0 Å². The zero-order valence-corrected chi connectivity index (χ0v) is 12.0. The van der Waals surface area contributed by atoms with E-state index in [1.165, 1.54) is 25.7 Å². The van der Waals surface area contributed by atoms with E-state index in [0.717, 1.165) is 26.3 Å². The van der Waals surface area contributed by atoms with Gasteiger partial charge in [0.2, 0.25) is 0 Å². The molecule has 17 heavy (non-hydrogen) atoms. The van der Waals surface area contributed by atoms with Gasteiger partial charge >= 0.3 is 0 Å². The first kappa shape index (κ1) is 16.9. The lowest BCUT2D eigenvalue weighted by Gasteiger charge is -2.08. The Bertz CT molecular complexity index is 140. The van der Waals surface area contributed by atoms with Crippen LogP contribution in [-0.2, 0) is 9.47 Å². The van der Waals surface area contributed by atoms with Gasteiger partial charge in [-0.1, -0.05) is 40.0 Å². The van der Waals surface area contributed by atoms with E-state index in [1.54, 1.807) is 0 Å². The van der Waals surface area contributed by atoms with E-state index in [1.807, 2.05) is 0 Å². The van der Waals surface area contributed by atoms with Crippen LogP contribution >= 0.6 is 0 Å². The van der Waals surface area contributed by atoms with Crippen molar-refractivity contribution in [3.8, 4) is 0 Å². The van der Waals surface area contributed by atoms with E-state index in [0.29, 0.717) is 19.1 Å². The maximum atomic E-state index is 5.46. The summed E-state index contributed by atoms with van der Waals surface area (Å²) in [6.07, 6.45) is 5.28. The van der Waals surface area contributed by atoms with Gasteiger partial charge in [-0.25, -0.2) is 0 Å². The van der Waals surface area contributed by atoms with Crippen LogP contribution in [0.2, 0.25) is 0 Å². The van der Waals surface area contributed by atoms with Crippen molar-refractivity contribution in [2.75, 3.05) is 39.5 Å². The highest BCUT2D eigenvalue weighted by molar-refractivity contribution is 4.48. The molecule has 0 rings (SSSR count). The maximum Gasteiger partial charge on any atom is 0.0701 e. The highest BCUT2D eigenvalue weighted by Gasteiger charge is 1.94. The summed E-state index contributed by atoms with van der Waals surface area (Å²) in [6.45, 7) is 11.7. The average Bonchev–Trinajstić information content (AvgIpc) is 2.30. The molecule has 1 N–H and O–H groups in total. The molecule has 0 aliphatic rings. The smallest absolute Gasteiger partial charge is 0.0701 e. The lowest BCUT2D eigenvalue weighted by molar-refractivity contribution is 0.0388. The lowest BCUT2D eigenvalue weighted by Crippen LogP contribution is -2.21. The molecule has 0 aromatic carbocycles. The van der Waals surface area contributed by atoms with Gasteiger partial charge in [-0.2, -0.15) is 0 Å². The third-order valence-corrected chi connectivity index (χ3v) is 2.45. The molecule has 0 amide bonds. The average molecular weight is 245 g/mol. The Morgan fingerprint density at radius 1 is 0.882 bits per heavy atom. The summed E-state index contributed by atoms with van der Waals surface area (Å²) in [5.41, 5.74) is 0. The van der Waals surface area contributed by atoms with Crippen LogP contribution in [0.5, 0.6) is 0 Å². The van der Waals surface area contributed by atoms with Crippen molar-refractivity contribution in [3.63, 3.8) is 0 Å². The van der Waals surface area contributed by atoms with Crippen LogP contribution in [0.4, 0.5) is 0 Å². The molecule has 0 fully saturated rings. The summed E-state index contributed by atoms with van der Waals surface area (Å²) in [4.78, 5) is 0. The molecule has 0 aromatic heterocycles. The quantitative estimate of drug-likeness (QED) is 0.506. The van der Waals surface area contributed by atoms with Gasteiger partial charge in [-0.05, 0) is 18.9 Å². The van der Waals surface area contributed by atoms with Crippen LogP contribution in [0, 0.1) is 5.92 Å². The van der Waals surface area contributed by atoms with E-state index in [4.69, 9.17) is 9.47 Å². The number of rotatable bonds is 13. The first-order chi connectivity index (χ1) is 8.27. The van der Waals surface area contributed by atoms with Gasteiger partial charge in [-0.15, -0.1) is 0 Å². The second-order valence-corrected chi connectivity index (χ2v) is 4.89. The summed E-state index contributed by atoms with van der Waals surface area (Å²) < 4.78 is 10.9. The van der Waals surface area contributed by atoms with Gasteiger partial charge < -0.3 is 14.8 Å². The molecule has 3 nitrogen and oxygen atoms in total. The van der Waals surface area contributed by atoms with Gasteiger partial charge in [0.15, 0.2) is 0 Å². The summed E-state index contributed by atoms with van der Waals surface area (Å²) in [6, 6.07) is 0. The van der Waals surface area contributed by atoms with Crippen molar-refractivity contribution in [1.82, 2.24) is 5.32 Å². The van der Waals surface area contributed by atoms with E-state index in [9.17, 15) is 0 Å². The van der Waals surface area contributed by atoms with E-state index < -0.39 is 0 Å². The minimum Gasteiger partial charge on any atom is -0.379 e. The van der Waals surface area contributed by atoms with Crippen molar-refractivity contribution >= 4 is 0 Å². The number of nitrogens with one attached hydrogen (secondary N) is 1. The molecule has 0 radical (unpaired) electrons. The Labute approximate surface area is 107 Å². The molecule has 0 atom stereocenters. The molecule has 0 bridgehead atoms. The van der Waals surface area contributed by atoms with Crippen molar-refractivity contribution in [2.45, 2.75) is 46.5 Å². The first-order valence-corrected chi connectivity index (χ1v) is 7.13. The fourth-order valence-electron chi connectivity index (χ4n) is 1.49. The number of ether oxygens (including phenoxy) is 2. The highest BCUT2D eigenvalue weighted by atomic mass is 16.5. The second kappa shape index (κ2) is 13.9. The predicted octanol–water partition coefficient (Wildman–Crippen LogP) is 2.85. The van der Waals surface area contributed by atoms with Crippen LogP contribution < -0.4 is 5.32 Å². The molecule has 0 saturated heterocycles. The van der Waals surface area contributed by atoms with Crippen LogP contribution in [0.25, 0.3) is 0 Å². The van der Waals surface area contributed by atoms with Crippen molar-refractivity contribution in [2.24, 2.45) is 5.92 Å². The Morgan fingerprint density at radius 3 is 2.35 bits per heavy atom. The minimum absolute atomic E-state index is 0.611. The zero-order valence-electron chi connectivity index (χ0n) is 12.0. The fraction of sp³-hybridized carbons (Fsp3) is 1.00. The van der Waals surface area contributed by atoms with Crippen molar-refractivity contribution in [3.05, 3.63) is 0 Å². The Hall–Kier alpha value is -0.120. The molecule has 3 heteroatoms. The number of hydrogen-bond donors (Lipinski definition) is 1. The Kier molecular flexibility index (Phi) is 13.8. The molecular formula is C14H31NO2. The summed E-state index contributed by atoms with van der Waals surface area (Å²) in [5, 5.41) is 3.39. The monoisotopic (exact) mass is 245 g/mol. The zero-order chi connectivity index (χ0) is 12.8. The standard InChI is InChI=1S/C14H31NO2/c1-4-5-6-7-8-15-9-10-16-11-12-17-13-14(2)3/h14-15H,4-13H2,1-3H3. The molecule has 0 spiro atoms. The molecular weight excluding hydrogens is 214 g/mol. The number of unbranched alkanes of at least 4 members (excludes halogenated alkanes) is 3. The summed E-state index contributed by atoms with van der Waals surface area (Å²) in [7, 11) is 0. The fourth-order valence-corrected chi connectivity index (χ4v) is 1.49. The van der Waals surface area contributed by atoms with Crippen LogP contribution in [0.15, 0.2) is 0 Å². The Morgan fingerprint density at radius 2 is 1.65 bits per heavy atom. The molecule has 104 valence electrons. The SMILES string of the molecule is CCCCCCNCCOCCOCC(C)C. The van der Waals surface area contributed by atoms with Gasteiger partial charge in [0.05, 0.1) is 19.8 Å². The van der Waals surface area contributed by atoms with Gasteiger partial charge in [0, 0.05) is 13.2 Å². The van der Waals surface area contributed by atoms with Gasteiger partial charge in [0.1, 0.15) is 0 Å². The molecule has 0 saturated carbocycles. The van der Waals surface area contributed by atoms with Crippen LogP contribution in [0.3, 0.4) is 0 Å². The summed E-state index contributed by atoms with van der Waals surface area (Å²) in [5.74, 6) is 0.611. The van der Waals surface area contributed by atoms with Gasteiger partial charge in [-0.3, -0.25) is 0 Å². The topological polar surface area (TPSA) is 30.5 Å². The maximum absolute atomic E-state index is 5.46. The van der Waals surface area contributed by atoms with E-state index >= 15 is 0 Å². The third-order valence-electron chi connectivity index (χ3n) is 2.45. The normalized spacial score (nSPS) is 11.3. The molecule has 0 aliphatic heterocycles.